The zero-order valence-corrected chi connectivity index (χ0v) is 9.22. The maximum Gasteiger partial charge on any atom is -0.00434 e. The Morgan fingerprint density at radius 1 is 1.15 bits per heavy atom. The van der Waals surface area contributed by atoms with Gasteiger partial charge in [0.05, 0.1) is 0 Å². The quantitative estimate of drug-likeness (QED) is 0.661. The van der Waals surface area contributed by atoms with Gasteiger partial charge in [0, 0.05) is 0 Å². The Bertz CT molecular complexity index is 188. The van der Waals surface area contributed by atoms with Crippen LogP contribution in [0, 0.1) is 29.1 Å². The van der Waals surface area contributed by atoms with Crippen LogP contribution < -0.4 is 5.73 Å². The highest BCUT2D eigenvalue weighted by Crippen LogP contribution is 2.58. The first-order chi connectivity index (χ1) is 6.04. The summed E-state index contributed by atoms with van der Waals surface area (Å²) in [6.07, 6.45) is 4.35. The number of hydrogen-bond donors (Lipinski definition) is 1. The zero-order valence-electron chi connectivity index (χ0n) is 9.22. The molecule has 13 heavy (non-hydrogen) atoms. The molecule has 2 saturated carbocycles. The first-order valence-corrected chi connectivity index (χ1v) is 5.74. The molecule has 2 aliphatic carbocycles. The normalized spacial score (nSPS) is 44.3. The van der Waals surface area contributed by atoms with E-state index < -0.39 is 0 Å². The van der Waals surface area contributed by atoms with Crippen molar-refractivity contribution in [3.05, 3.63) is 0 Å². The lowest BCUT2D eigenvalue weighted by Gasteiger charge is -2.33. The molecule has 0 aromatic carbocycles. The summed E-state index contributed by atoms with van der Waals surface area (Å²) in [5.41, 5.74) is 6.27. The topological polar surface area (TPSA) is 26.0 Å². The van der Waals surface area contributed by atoms with Gasteiger partial charge in [0.25, 0.3) is 0 Å². The number of rotatable bonds is 1. The highest BCUT2D eigenvalue weighted by atomic mass is 14.7. The standard InChI is InChI=1S/C12H23N/c1-12(2,3)8-4-5-9-10(6-8)11(9)7-13/h8-11H,4-7,13H2,1-3H3. The first-order valence-electron chi connectivity index (χ1n) is 5.74. The average molecular weight is 181 g/mol. The van der Waals surface area contributed by atoms with Crippen LogP contribution in [0.2, 0.25) is 0 Å². The van der Waals surface area contributed by atoms with E-state index in [1.807, 2.05) is 0 Å². The van der Waals surface area contributed by atoms with Crippen molar-refractivity contribution in [2.45, 2.75) is 40.0 Å². The Balaban J connectivity index is 1.93. The van der Waals surface area contributed by atoms with Crippen LogP contribution in [-0.2, 0) is 0 Å². The molecule has 0 saturated heterocycles. The van der Waals surface area contributed by atoms with E-state index in [9.17, 15) is 0 Å². The minimum absolute atomic E-state index is 0.521. The van der Waals surface area contributed by atoms with E-state index in [0.717, 1.165) is 30.2 Å². The van der Waals surface area contributed by atoms with Gasteiger partial charge in [0.1, 0.15) is 0 Å². The van der Waals surface area contributed by atoms with Crippen molar-refractivity contribution >= 4 is 0 Å². The van der Waals surface area contributed by atoms with Crippen molar-refractivity contribution in [1.82, 2.24) is 0 Å². The molecule has 0 radical (unpaired) electrons. The molecule has 0 bridgehead atoms. The van der Waals surface area contributed by atoms with Crippen LogP contribution in [0.3, 0.4) is 0 Å². The van der Waals surface area contributed by atoms with E-state index in [4.69, 9.17) is 5.73 Å². The fraction of sp³-hybridized carbons (Fsp3) is 1.00. The Morgan fingerprint density at radius 3 is 2.38 bits per heavy atom. The molecule has 0 spiro atoms. The molecule has 2 fully saturated rings. The number of hydrogen-bond acceptors (Lipinski definition) is 1. The van der Waals surface area contributed by atoms with E-state index in [-0.39, 0.29) is 0 Å². The summed E-state index contributed by atoms with van der Waals surface area (Å²) in [6, 6.07) is 0. The van der Waals surface area contributed by atoms with Gasteiger partial charge in [-0.15, -0.1) is 0 Å². The monoisotopic (exact) mass is 181 g/mol. The maximum atomic E-state index is 5.75. The summed E-state index contributed by atoms with van der Waals surface area (Å²) >= 11 is 0. The van der Waals surface area contributed by atoms with Crippen LogP contribution in [0.25, 0.3) is 0 Å². The van der Waals surface area contributed by atoms with Crippen LogP contribution in [0.1, 0.15) is 40.0 Å². The Morgan fingerprint density at radius 2 is 1.85 bits per heavy atom. The fourth-order valence-electron chi connectivity index (χ4n) is 3.28. The van der Waals surface area contributed by atoms with Crippen LogP contribution in [0.15, 0.2) is 0 Å². The third-order valence-electron chi connectivity index (χ3n) is 4.41. The smallest absolute Gasteiger partial charge is 0.00434 e. The second-order valence-corrected chi connectivity index (χ2v) is 6.10. The van der Waals surface area contributed by atoms with Crippen molar-refractivity contribution < 1.29 is 0 Å². The molecule has 4 unspecified atom stereocenters. The molecule has 2 aliphatic rings. The summed E-state index contributed by atoms with van der Waals surface area (Å²) in [5.74, 6) is 3.87. The predicted octanol–water partition coefficient (Wildman–Crippen LogP) is 2.65. The highest BCUT2D eigenvalue weighted by molar-refractivity contribution is 5.02. The summed E-state index contributed by atoms with van der Waals surface area (Å²) in [4.78, 5) is 0. The minimum Gasteiger partial charge on any atom is -0.330 e. The Labute approximate surface area is 82.1 Å². The van der Waals surface area contributed by atoms with Crippen LogP contribution in [0.4, 0.5) is 0 Å². The SMILES string of the molecule is CC(C)(C)C1CCC2C(CN)C2C1. The zero-order chi connectivity index (χ0) is 9.64. The molecular formula is C12H23N. The molecule has 0 heterocycles. The van der Waals surface area contributed by atoms with Crippen molar-refractivity contribution in [2.75, 3.05) is 6.54 Å². The molecule has 76 valence electrons. The van der Waals surface area contributed by atoms with Crippen LogP contribution in [-0.4, -0.2) is 6.54 Å². The molecule has 1 heteroatoms. The molecule has 4 atom stereocenters. The fourth-order valence-corrected chi connectivity index (χ4v) is 3.28. The summed E-state index contributed by atoms with van der Waals surface area (Å²) < 4.78 is 0. The molecule has 0 aromatic rings. The van der Waals surface area contributed by atoms with Gasteiger partial charge in [-0.1, -0.05) is 20.8 Å². The second kappa shape index (κ2) is 2.98. The van der Waals surface area contributed by atoms with Gasteiger partial charge < -0.3 is 5.73 Å². The largest absolute Gasteiger partial charge is 0.330 e. The van der Waals surface area contributed by atoms with Crippen molar-refractivity contribution in [1.29, 1.82) is 0 Å². The number of fused-ring (bicyclic) bond motifs is 1. The first kappa shape index (κ1) is 9.51. The molecule has 2 N–H and O–H groups in total. The Kier molecular flexibility index (Phi) is 2.18. The molecule has 1 nitrogen and oxygen atoms in total. The molecular weight excluding hydrogens is 158 g/mol. The maximum absolute atomic E-state index is 5.75. The molecule has 0 aromatic heterocycles. The third kappa shape index (κ3) is 1.63. The van der Waals surface area contributed by atoms with Crippen molar-refractivity contribution in [3.8, 4) is 0 Å². The minimum atomic E-state index is 0.521. The molecule has 0 amide bonds. The lowest BCUT2D eigenvalue weighted by Crippen LogP contribution is -2.23. The van der Waals surface area contributed by atoms with Gasteiger partial charge in [-0.3, -0.25) is 0 Å². The third-order valence-corrected chi connectivity index (χ3v) is 4.41. The van der Waals surface area contributed by atoms with E-state index in [1.165, 1.54) is 19.3 Å². The van der Waals surface area contributed by atoms with Gasteiger partial charge >= 0.3 is 0 Å². The number of nitrogens with two attached hydrogens (primary N) is 1. The molecule has 2 rings (SSSR count). The Hall–Kier alpha value is -0.0400. The van der Waals surface area contributed by atoms with E-state index in [2.05, 4.69) is 20.8 Å². The molecule has 0 aliphatic heterocycles. The van der Waals surface area contributed by atoms with Gasteiger partial charge in [-0.05, 0) is 54.9 Å². The second-order valence-electron chi connectivity index (χ2n) is 6.10. The van der Waals surface area contributed by atoms with Gasteiger partial charge in [-0.2, -0.15) is 0 Å². The highest BCUT2D eigenvalue weighted by Gasteiger charge is 2.52. The van der Waals surface area contributed by atoms with Crippen LogP contribution >= 0.6 is 0 Å². The summed E-state index contributed by atoms with van der Waals surface area (Å²) in [5, 5.41) is 0. The van der Waals surface area contributed by atoms with E-state index >= 15 is 0 Å². The lowest BCUT2D eigenvalue weighted by atomic mass is 9.72. The average Bonchev–Trinajstić information content (AvgIpc) is 2.74. The van der Waals surface area contributed by atoms with Gasteiger partial charge in [0.15, 0.2) is 0 Å². The van der Waals surface area contributed by atoms with Gasteiger partial charge in [-0.25, -0.2) is 0 Å². The lowest BCUT2D eigenvalue weighted by molar-refractivity contribution is 0.173. The predicted molar refractivity (Wildman–Crippen MR) is 56.3 cm³/mol. The van der Waals surface area contributed by atoms with E-state index in [1.54, 1.807) is 0 Å². The summed E-state index contributed by atoms with van der Waals surface area (Å²) in [6.45, 7) is 8.10. The summed E-state index contributed by atoms with van der Waals surface area (Å²) in [7, 11) is 0. The van der Waals surface area contributed by atoms with Crippen LogP contribution in [0.5, 0.6) is 0 Å². The van der Waals surface area contributed by atoms with Crippen molar-refractivity contribution in [3.63, 3.8) is 0 Å². The van der Waals surface area contributed by atoms with E-state index in [0.29, 0.717) is 5.41 Å². The van der Waals surface area contributed by atoms with Gasteiger partial charge in [0.2, 0.25) is 0 Å². The van der Waals surface area contributed by atoms with Crippen molar-refractivity contribution in [2.24, 2.45) is 34.8 Å².